The molecule has 1 heterocycles. The van der Waals surface area contributed by atoms with Crippen molar-refractivity contribution in [1.29, 1.82) is 0 Å². The van der Waals surface area contributed by atoms with Crippen LogP contribution in [0.4, 0.5) is 5.13 Å². The Morgan fingerprint density at radius 1 is 1.44 bits per heavy atom. The van der Waals surface area contributed by atoms with E-state index in [9.17, 15) is 0 Å². The molecule has 2 rings (SSSR count). The van der Waals surface area contributed by atoms with Gasteiger partial charge in [0.25, 0.3) is 0 Å². The topological polar surface area (TPSA) is 24.9 Å². The monoisotopic (exact) mass is 270 g/mol. The average molecular weight is 271 g/mol. The standard InChI is InChI=1S/C11H11ClN2S2/c1-13-11-14-6-10(16-11)15-7-8-4-2-3-5-9(8)12/h2-6H,7H2,1H3,(H,13,14). The van der Waals surface area contributed by atoms with Crippen LogP contribution >= 0.6 is 34.7 Å². The van der Waals surface area contributed by atoms with Crippen LogP contribution in [0.25, 0.3) is 0 Å². The number of nitrogens with zero attached hydrogens (tertiary/aromatic N) is 1. The predicted octanol–water partition coefficient (Wildman–Crippen LogP) is 4.13. The lowest BCUT2D eigenvalue weighted by molar-refractivity contribution is 1.33. The molecule has 0 aliphatic carbocycles. The Morgan fingerprint density at radius 3 is 2.94 bits per heavy atom. The van der Waals surface area contributed by atoms with Crippen LogP contribution in [-0.4, -0.2) is 12.0 Å². The van der Waals surface area contributed by atoms with Gasteiger partial charge in [0, 0.05) is 17.8 Å². The highest BCUT2D eigenvalue weighted by Gasteiger charge is 2.03. The van der Waals surface area contributed by atoms with Crippen molar-refractivity contribution in [3.8, 4) is 0 Å². The van der Waals surface area contributed by atoms with E-state index in [1.54, 1.807) is 23.1 Å². The van der Waals surface area contributed by atoms with Crippen LogP contribution in [0, 0.1) is 0 Å². The number of nitrogens with one attached hydrogen (secondary N) is 1. The van der Waals surface area contributed by atoms with Gasteiger partial charge < -0.3 is 5.32 Å². The number of halogens is 1. The molecule has 5 heteroatoms. The van der Waals surface area contributed by atoms with Crippen molar-refractivity contribution in [3.63, 3.8) is 0 Å². The molecule has 0 saturated carbocycles. The van der Waals surface area contributed by atoms with Crippen molar-refractivity contribution < 1.29 is 0 Å². The van der Waals surface area contributed by atoms with Crippen LogP contribution in [0.2, 0.25) is 5.02 Å². The Balaban J connectivity index is 1.99. The second-order valence-electron chi connectivity index (χ2n) is 3.11. The highest BCUT2D eigenvalue weighted by molar-refractivity contribution is 8.00. The highest BCUT2D eigenvalue weighted by Crippen LogP contribution is 2.31. The number of hydrogen-bond acceptors (Lipinski definition) is 4. The molecule has 2 nitrogen and oxygen atoms in total. The summed E-state index contributed by atoms with van der Waals surface area (Å²) in [7, 11) is 1.88. The van der Waals surface area contributed by atoms with Crippen molar-refractivity contribution in [2.45, 2.75) is 9.96 Å². The van der Waals surface area contributed by atoms with E-state index >= 15 is 0 Å². The summed E-state index contributed by atoms with van der Waals surface area (Å²) in [6, 6.07) is 7.92. The molecule has 2 aromatic rings. The van der Waals surface area contributed by atoms with Crippen molar-refractivity contribution in [2.24, 2.45) is 0 Å². The summed E-state index contributed by atoms with van der Waals surface area (Å²) in [6.07, 6.45) is 1.89. The Bertz CT molecular complexity index is 471. The molecular weight excluding hydrogens is 260 g/mol. The minimum absolute atomic E-state index is 0.827. The van der Waals surface area contributed by atoms with E-state index in [-0.39, 0.29) is 0 Å². The van der Waals surface area contributed by atoms with Gasteiger partial charge in [0.15, 0.2) is 5.13 Å². The molecule has 0 radical (unpaired) electrons. The summed E-state index contributed by atoms with van der Waals surface area (Å²) < 4.78 is 1.20. The van der Waals surface area contributed by atoms with Crippen molar-refractivity contribution in [1.82, 2.24) is 4.98 Å². The van der Waals surface area contributed by atoms with Gasteiger partial charge in [-0.3, -0.25) is 0 Å². The zero-order chi connectivity index (χ0) is 11.4. The van der Waals surface area contributed by atoms with Gasteiger partial charge in [-0.25, -0.2) is 4.98 Å². The molecule has 1 aromatic heterocycles. The molecular formula is C11H11ClN2S2. The fourth-order valence-corrected chi connectivity index (χ4v) is 3.32. The maximum Gasteiger partial charge on any atom is 0.183 e. The molecule has 1 N–H and O–H groups in total. The number of hydrogen-bond donors (Lipinski definition) is 1. The minimum atomic E-state index is 0.827. The minimum Gasteiger partial charge on any atom is -0.365 e. The SMILES string of the molecule is CNc1ncc(SCc2ccccc2Cl)s1. The molecule has 0 aliphatic rings. The van der Waals surface area contributed by atoms with Crippen LogP contribution in [-0.2, 0) is 5.75 Å². The van der Waals surface area contributed by atoms with Gasteiger partial charge in [0.1, 0.15) is 0 Å². The summed E-state index contributed by atoms with van der Waals surface area (Å²) in [4.78, 5) is 4.22. The summed E-state index contributed by atoms with van der Waals surface area (Å²) in [5.41, 5.74) is 1.16. The van der Waals surface area contributed by atoms with E-state index in [1.807, 2.05) is 31.4 Å². The fraction of sp³-hybridized carbons (Fsp3) is 0.182. The molecule has 0 atom stereocenters. The third kappa shape index (κ3) is 2.90. The Labute approximate surface area is 108 Å². The van der Waals surface area contributed by atoms with Gasteiger partial charge in [0.05, 0.1) is 10.4 Å². The number of thiazole rings is 1. The predicted molar refractivity (Wildman–Crippen MR) is 72.7 cm³/mol. The van der Waals surface area contributed by atoms with Gasteiger partial charge in [-0.2, -0.15) is 0 Å². The number of rotatable bonds is 4. The molecule has 84 valence electrons. The smallest absolute Gasteiger partial charge is 0.183 e. The normalized spacial score (nSPS) is 10.4. The fourth-order valence-electron chi connectivity index (χ4n) is 1.21. The van der Waals surface area contributed by atoms with Crippen molar-refractivity contribution in [3.05, 3.63) is 41.0 Å². The summed E-state index contributed by atoms with van der Waals surface area (Å²) in [5.74, 6) is 0.880. The second kappa shape index (κ2) is 5.57. The van der Waals surface area contributed by atoms with Gasteiger partial charge >= 0.3 is 0 Å². The Morgan fingerprint density at radius 2 is 2.25 bits per heavy atom. The van der Waals surface area contributed by atoms with E-state index in [2.05, 4.69) is 16.4 Å². The van der Waals surface area contributed by atoms with Crippen LogP contribution < -0.4 is 5.32 Å². The highest BCUT2D eigenvalue weighted by atomic mass is 35.5. The largest absolute Gasteiger partial charge is 0.365 e. The van der Waals surface area contributed by atoms with Crippen molar-refractivity contribution >= 4 is 39.8 Å². The first-order valence-electron chi connectivity index (χ1n) is 4.79. The lowest BCUT2D eigenvalue weighted by Crippen LogP contribution is -1.83. The summed E-state index contributed by atoms with van der Waals surface area (Å²) in [5, 5.41) is 4.80. The molecule has 0 saturated heterocycles. The molecule has 0 amide bonds. The summed E-state index contributed by atoms with van der Waals surface area (Å²) >= 11 is 9.50. The maximum atomic E-state index is 6.09. The van der Waals surface area contributed by atoms with Gasteiger partial charge in [-0.1, -0.05) is 41.1 Å². The first-order chi connectivity index (χ1) is 7.79. The first kappa shape index (κ1) is 11.8. The van der Waals surface area contributed by atoms with Crippen LogP contribution in [0.15, 0.2) is 34.7 Å². The van der Waals surface area contributed by atoms with E-state index in [1.165, 1.54) is 4.21 Å². The Hall–Kier alpha value is -0.710. The number of anilines is 1. The van der Waals surface area contributed by atoms with Gasteiger partial charge in [-0.05, 0) is 11.6 Å². The molecule has 0 fully saturated rings. The third-order valence-electron chi connectivity index (χ3n) is 2.03. The third-order valence-corrected chi connectivity index (χ3v) is 4.65. The molecule has 0 aliphatic heterocycles. The van der Waals surface area contributed by atoms with Crippen LogP contribution in [0.5, 0.6) is 0 Å². The van der Waals surface area contributed by atoms with Crippen LogP contribution in [0.3, 0.4) is 0 Å². The van der Waals surface area contributed by atoms with Crippen LogP contribution in [0.1, 0.15) is 5.56 Å². The lowest BCUT2D eigenvalue weighted by Gasteiger charge is -2.01. The number of benzene rings is 1. The molecule has 0 bridgehead atoms. The van der Waals surface area contributed by atoms with E-state index in [0.29, 0.717) is 0 Å². The maximum absolute atomic E-state index is 6.09. The number of aromatic nitrogens is 1. The van der Waals surface area contributed by atoms with Crippen molar-refractivity contribution in [2.75, 3.05) is 12.4 Å². The quantitative estimate of drug-likeness (QED) is 0.846. The number of thioether (sulfide) groups is 1. The Kier molecular flexibility index (Phi) is 4.09. The molecule has 0 unspecified atom stereocenters. The van der Waals surface area contributed by atoms with E-state index < -0.39 is 0 Å². The zero-order valence-electron chi connectivity index (χ0n) is 8.74. The average Bonchev–Trinajstić information content (AvgIpc) is 2.76. The zero-order valence-corrected chi connectivity index (χ0v) is 11.1. The summed E-state index contributed by atoms with van der Waals surface area (Å²) in [6.45, 7) is 0. The van der Waals surface area contributed by atoms with E-state index in [4.69, 9.17) is 11.6 Å². The second-order valence-corrected chi connectivity index (χ2v) is 5.83. The molecule has 16 heavy (non-hydrogen) atoms. The first-order valence-corrected chi connectivity index (χ1v) is 6.97. The van der Waals surface area contributed by atoms with Gasteiger partial charge in [-0.15, -0.1) is 11.8 Å². The molecule has 0 spiro atoms. The van der Waals surface area contributed by atoms with Gasteiger partial charge in [0.2, 0.25) is 0 Å². The lowest BCUT2D eigenvalue weighted by atomic mass is 10.2. The molecule has 1 aromatic carbocycles. The van der Waals surface area contributed by atoms with E-state index in [0.717, 1.165) is 21.5 Å².